The minimum absolute atomic E-state index is 0.274. The molecule has 0 amide bonds. The van der Waals surface area contributed by atoms with Crippen LogP contribution in [0.3, 0.4) is 0 Å². The van der Waals surface area contributed by atoms with Gasteiger partial charge >= 0.3 is 6.18 Å². The van der Waals surface area contributed by atoms with Crippen molar-refractivity contribution in [3.05, 3.63) is 47.7 Å². The number of hydrogen-bond acceptors (Lipinski definition) is 4. The van der Waals surface area contributed by atoms with Gasteiger partial charge in [0.25, 0.3) is 0 Å². The van der Waals surface area contributed by atoms with E-state index in [1.165, 1.54) is 6.07 Å². The third kappa shape index (κ3) is 4.62. The number of hydrogen-bond donors (Lipinski definition) is 1. The Labute approximate surface area is 120 Å². The number of ether oxygens (including phenoxy) is 1. The molecule has 1 aromatic carbocycles. The molecule has 0 saturated carbocycles. The van der Waals surface area contributed by atoms with Gasteiger partial charge in [-0.05, 0) is 36.8 Å². The molecule has 112 valence electrons. The van der Waals surface area contributed by atoms with Crippen molar-refractivity contribution in [2.45, 2.75) is 13.1 Å². The summed E-state index contributed by atoms with van der Waals surface area (Å²) in [6, 6.07) is 9.71. The summed E-state index contributed by atoms with van der Waals surface area (Å²) in [5, 5.41) is 9.43. The van der Waals surface area contributed by atoms with Crippen LogP contribution in [0, 0.1) is 6.92 Å². The van der Waals surface area contributed by atoms with Crippen molar-refractivity contribution in [3.63, 3.8) is 0 Å². The number of benzene rings is 1. The topological polar surface area (TPSA) is 47.0 Å². The molecule has 1 aromatic heterocycles. The molecule has 0 atom stereocenters. The molecular formula is C14H14F3N3O. The third-order valence-corrected chi connectivity index (χ3v) is 2.62. The predicted octanol–water partition coefficient (Wildman–Crippen LogP) is 3.29. The van der Waals surface area contributed by atoms with Crippen LogP contribution in [0.15, 0.2) is 36.4 Å². The number of rotatable bonds is 5. The van der Waals surface area contributed by atoms with E-state index in [4.69, 9.17) is 4.74 Å². The fourth-order valence-corrected chi connectivity index (χ4v) is 1.63. The van der Waals surface area contributed by atoms with E-state index in [1.54, 1.807) is 0 Å². The van der Waals surface area contributed by atoms with Crippen LogP contribution >= 0.6 is 0 Å². The first-order valence-electron chi connectivity index (χ1n) is 6.29. The van der Waals surface area contributed by atoms with Crippen molar-refractivity contribution in [1.29, 1.82) is 0 Å². The summed E-state index contributed by atoms with van der Waals surface area (Å²) in [5.74, 6) is 1.02. The first-order chi connectivity index (χ1) is 9.95. The molecule has 0 aliphatic heterocycles. The van der Waals surface area contributed by atoms with Gasteiger partial charge in [-0.3, -0.25) is 0 Å². The molecule has 7 heteroatoms. The molecule has 0 saturated heterocycles. The molecule has 0 aliphatic rings. The maximum absolute atomic E-state index is 12.3. The monoisotopic (exact) mass is 297 g/mol. The lowest BCUT2D eigenvalue weighted by molar-refractivity contribution is -0.141. The standard InChI is InChI=1S/C14H14F3N3O/c1-10-3-2-4-11(9-10)21-8-7-18-13-6-5-12(19-20-13)14(15,16)17/h2-6,9H,7-8H2,1H3,(H,18,20). The van der Waals surface area contributed by atoms with Gasteiger partial charge in [0.2, 0.25) is 0 Å². The first-order valence-corrected chi connectivity index (χ1v) is 6.29. The molecule has 1 N–H and O–H groups in total. The Hall–Kier alpha value is -2.31. The summed E-state index contributed by atoms with van der Waals surface area (Å²) >= 11 is 0. The molecule has 21 heavy (non-hydrogen) atoms. The van der Waals surface area contributed by atoms with Crippen molar-refractivity contribution in [3.8, 4) is 5.75 Å². The zero-order chi connectivity index (χ0) is 15.3. The smallest absolute Gasteiger partial charge is 0.435 e. The van der Waals surface area contributed by atoms with Crippen LogP contribution in [0.1, 0.15) is 11.3 Å². The number of halogens is 3. The van der Waals surface area contributed by atoms with Crippen LogP contribution in [0.25, 0.3) is 0 Å². The number of anilines is 1. The number of nitrogens with one attached hydrogen (secondary N) is 1. The normalized spacial score (nSPS) is 11.2. The second-order valence-corrected chi connectivity index (χ2v) is 4.39. The molecular weight excluding hydrogens is 283 g/mol. The van der Waals surface area contributed by atoms with E-state index < -0.39 is 11.9 Å². The Bertz CT molecular complexity index is 585. The molecule has 2 rings (SSSR count). The van der Waals surface area contributed by atoms with Gasteiger partial charge in [-0.25, -0.2) is 0 Å². The van der Waals surface area contributed by atoms with Gasteiger partial charge in [-0.2, -0.15) is 13.2 Å². The number of alkyl halides is 3. The quantitative estimate of drug-likeness (QED) is 0.860. The lowest BCUT2D eigenvalue weighted by atomic mass is 10.2. The second-order valence-electron chi connectivity index (χ2n) is 4.39. The van der Waals surface area contributed by atoms with E-state index in [1.807, 2.05) is 31.2 Å². The van der Waals surface area contributed by atoms with E-state index >= 15 is 0 Å². The molecule has 0 spiro atoms. The van der Waals surface area contributed by atoms with Crippen molar-refractivity contribution in [2.24, 2.45) is 0 Å². The summed E-state index contributed by atoms with van der Waals surface area (Å²) in [6.45, 7) is 2.74. The van der Waals surface area contributed by atoms with Crippen molar-refractivity contribution in [1.82, 2.24) is 10.2 Å². The van der Waals surface area contributed by atoms with Crippen LogP contribution < -0.4 is 10.1 Å². The van der Waals surface area contributed by atoms with E-state index in [2.05, 4.69) is 15.5 Å². The first kappa shape index (κ1) is 15.1. The third-order valence-electron chi connectivity index (χ3n) is 2.62. The fourth-order valence-electron chi connectivity index (χ4n) is 1.63. The minimum Gasteiger partial charge on any atom is -0.492 e. The fraction of sp³-hybridized carbons (Fsp3) is 0.286. The van der Waals surface area contributed by atoms with Gasteiger partial charge in [-0.1, -0.05) is 12.1 Å². The molecule has 0 unspecified atom stereocenters. The largest absolute Gasteiger partial charge is 0.492 e. The van der Waals surface area contributed by atoms with Gasteiger partial charge in [0.1, 0.15) is 18.2 Å². The Kier molecular flexibility index (Phi) is 4.62. The highest BCUT2D eigenvalue weighted by Crippen LogP contribution is 2.26. The Balaban J connectivity index is 1.79. The highest BCUT2D eigenvalue weighted by Gasteiger charge is 2.32. The highest BCUT2D eigenvalue weighted by molar-refractivity contribution is 5.33. The SMILES string of the molecule is Cc1cccc(OCCNc2ccc(C(F)(F)F)nn2)c1. The van der Waals surface area contributed by atoms with Crippen LogP contribution in [0.4, 0.5) is 19.0 Å². The molecule has 4 nitrogen and oxygen atoms in total. The van der Waals surface area contributed by atoms with Gasteiger partial charge in [0, 0.05) is 0 Å². The van der Waals surface area contributed by atoms with Crippen molar-refractivity contribution >= 4 is 5.82 Å². The highest BCUT2D eigenvalue weighted by atomic mass is 19.4. The zero-order valence-corrected chi connectivity index (χ0v) is 11.3. The molecule has 1 heterocycles. The van der Waals surface area contributed by atoms with Crippen LogP contribution in [0.5, 0.6) is 5.75 Å². The summed E-state index contributed by atoms with van der Waals surface area (Å²) in [5.41, 5.74) is 0.0816. The van der Waals surface area contributed by atoms with Crippen molar-refractivity contribution in [2.75, 3.05) is 18.5 Å². The Morgan fingerprint density at radius 1 is 1.14 bits per heavy atom. The molecule has 0 fully saturated rings. The van der Waals surface area contributed by atoms with Gasteiger partial charge in [0.15, 0.2) is 5.69 Å². The maximum Gasteiger partial charge on any atom is 0.435 e. The van der Waals surface area contributed by atoms with Gasteiger partial charge in [-0.15, -0.1) is 10.2 Å². The predicted molar refractivity (Wildman–Crippen MR) is 72.2 cm³/mol. The maximum atomic E-state index is 12.3. The summed E-state index contributed by atoms with van der Waals surface area (Å²) in [7, 11) is 0. The molecule has 0 radical (unpaired) electrons. The minimum atomic E-state index is -4.47. The van der Waals surface area contributed by atoms with Crippen molar-refractivity contribution < 1.29 is 17.9 Å². The van der Waals surface area contributed by atoms with Crippen LogP contribution in [-0.4, -0.2) is 23.3 Å². The molecule has 0 bridgehead atoms. The number of aromatic nitrogens is 2. The summed E-state index contributed by atoms with van der Waals surface area (Å²) in [4.78, 5) is 0. The molecule has 2 aromatic rings. The average Bonchev–Trinajstić information content (AvgIpc) is 2.43. The van der Waals surface area contributed by atoms with E-state index in [9.17, 15) is 13.2 Å². The lowest BCUT2D eigenvalue weighted by Crippen LogP contribution is -2.14. The van der Waals surface area contributed by atoms with Crippen LogP contribution in [-0.2, 0) is 6.18 Å². The van der Waals surface area contributed by atoms with E-state index in [-0.39, 0.29) is 5.82 Å². The van der Waals surface area contributed by atoms with Gasteiger partial charge < -0.3 is 10.1 Å². The lowest BCUT2D eigenvalue weighted by Gasteiger charge is -2.09. The Morgan fingerprint density at radius 3 is 2.57 bits per heavy atom. The molecule has 0 aliphatic carbocycles. The van der Waals surface area contributed by atoms with E-state index in [0.29, 0.717) is 13.2 Å². The number of nitrogens with zero attached hydrogens (tertiary/aromatic N) is 2. The second kappa shape index (κ2) is 6.43. The Morgan fingerprint density at radius 2 is 1.95 bits per heavy atom. The average molecular weight is 297 g/mol. The van der Waals surface area contributed by atoms with E-state index in [0.717, 1.165) is 17.4 Å². The van der Waals surface area contributed by atoms with Gasteiger partial charge in [0.05, 0.1) is 6.54 Å². The summed E-state index contributed by atoms with van der Waals surface area (Å²) in [6.07, 6.45) is -4.47. The zero-order valence-electron chi connectivity index (χ0n) is 11.3. The van der Waals surface area contributed by atoms with Crippen LogP contribution in [0.2, 0.25) is 0 Å². The summed E-state index contributed by atoms with van der Waals surface area (Å²) < 4.78 is 42.4. The number of aryl methyl sites for hydroxylation is 1.